The summed E-state index contributed by atoms with van der Waals surface area (Å²) in [5.74, 6) is 1.89. The quantitative estimate of drug-likeness (QED) is 0.767. The van der Waals surface area contributed by atoms with Crippen LogP contribution in [0.15, 0.2) is 41.1 Å². The van der Waals surface area contributed by atoms with Crippen LogP contribution in [-0.4, -0.2) is 4.98 Å². The molecule has 2 nitrogen and oxygen atoms in total. The zero-order valence-corrected chi connectivity index (χ0v) is 11.6. The molecular formula is C13H11BrClNO. The number of ether oxygens (including phenoxy) is 1. The monoisotopic (exact) mass is 311 g/mol. The van der Waals surface area contributed by atoms with Crippen LogP contribution in [0.5, 0.6) is 11.5 Å². The molecular weight excluding hydrogens is 302 g/mol. The molecule has 0 N–H and O–H groups in total. The van der Waals surface area contributed by atoms with Crippen molar-refractivity contribution < 1.29 is 4.74 Å². The van der Waals surface area contributed by atoms with Crippen molar-refractivity contribution >= 4 is 27.5 Å². The van der Waals surface area contributed by atoms with Gasteiger partial charge in [-0.15, -0.1) is 11.6 Å². The van der Waals surface area contributed by atoms with Gasteiger partial charge in [-0.3, -0.25) is 4.98 Å². The molecule has 0 radical (unpaired) electrons. The number of rotatable bonds is 3. The highest BCUT2D eigenvalue weighted by Crippen LogP contribution is 2.28. The summed E-state index contributed by atoms with van der Waals surface area (Å²) in [6.07, 6.45) is 3.38. The summed E-state index contributed by atoms with van der Waals surface area (Å²) in [6, 6.07) is 7.69. The second-order valence-electron chi connectivity index (χ2n) is 3.63. The molecule has 0 aliphatic carbocycles. The smallest absolute Gasteiger partial charge is 0.150 e. The van der Waals surface area contributed by atoms with E-state index in [0.717, 1.165) is 21.3 Å². The van der Waals surface area contributed by atoms with Gasteiger partial charge < -0.3 is 4.74 Å². The Balaban J connectivity index is 2.28. The Bertz CT molecular complexity index is 531. The minimum Gasteiger partial charge on any atom is -0.455 e. The summed E-state index contributed by atoms with van der Waals surface area (Å²) in [5.41, 5.74) is 2.06. The molecule has 0 fully saturated rings. The lowest BCUT2D eigenvalue weighted by molar-refractivity contribution is 0.475. The average Bonchev–Trinajstić information content (AvgIpc) is 2.34. The standard InChI is InChI=1S/C13H11BrClNO/c1-9-6-11(2-3-12(9)14)17-13-8-16-5-4-10(13)7-15/h2-6,8H,7H2,1H3. The molecule has 0 aliphatic heterocycles. The number of pyridine rings is 1. The van der Waals surface area contributed by atoms with Gasteiger partial charge in [-0.05, 0) is 36.8 Å². The summed E-state index contributed by atoms with van der Waals surface area (Å²) < 4.78 is 6.83. The fourth-order valence-electron chi connectivity index (χ4n) is 1.42. The molecule has 0 unspecified atom stereocenters. The van der Waals surface area contributed by atoms with E-state index >= 15 is 0 Å². The van der Waals surface area contributed by atoms with Crippen LogP contribution in [0.1, 0.15) is 11.1 Å². The van der Waals surface area contributed by atoms with Crippen LogP contribution in [0.25, 0.3) is 0 Å². The zero-order chi connectivity index (χ0) is 12.3. The predicted octanol–water partition coefficient (Wildman–Crippen LogP) is 4.68. The molecule has 2 rings (SSSR count). The molecule has 0 saturated heterocycles. The molecule has 1 heterocycles. The molecule has 1 aromatic carbocycles. The maximum Gasteiger partial charge on any atom is 0.150 e. The van der Waals surface area contributed by atoms with Gasteiger partial charge in [0.05, 0.1) is 12.1 Å². The van der Waals surface area contributed by atoms with Gasteiger partial charge in [-0.1, -0.05) is 15.9 Å². The third-order valence-electron chi connectivity index (χ3n) is 2.37. The normalized spacial score (nSPS) is 10.3. The molecule has 1 aromatic heterocycles. The van der Waals surface area contributed by atoms with E-state index in [-0.39, 0.29) is 0 Å². The van der Waals surface area contributed by atoms with E-state index in [4.69, 9.17) is 16.3 Å². The Morgan fingerprint density at radius 2 is 2.18 bits per heavy atom. The Labute approximate surface area is 114 Å². The first-order valence-corrected chi connectivity index (χ1v) is 6.46. The SMILES string of the molecule is Cc1cc(Oc2cnccc2CCl)ccc1Br. The molecule has 17 heavy (non-hydrogen) atoms. The van der Waals surface area contributed by atoms with Gasteiger partial charge in [0.15, 0.2) is 0 Å². The summed E-state index contributed by atoms with van der Waals surface area (Å²) in [6.45, 7) is 2.02. The van der Waals surface area contributed by atoms with Gasteiger partial charge >= 0.3 is 0 Å². The molecule has 0 atom stereocenters. The Hall–Kier alpha value is -1.06. The first kappa shape index (κ1) is 12.4. The van der Waals surface area contributed by atoms with Crippen molar-refractivity contribution in [2.75, 3.05) is 0 Å². The maximum atomic E-state index is 5.84. The van der Waals surface area contributed by atoms with Crippen LogP contribution in [0.3, 0.4) is 0 Å². The molecule has 0 amide bonds. The lowest BCUT2D eigenvalue weighted by Gasteiger charge is -2.09. The van der Waals surface area contributed by atoms with E-state index in [2.05, 4.69) is 20.9 Å². The molecule has 4 heteroatoms. The predicted molar refractivity (Wildman–Crippen MR) is 72.7 cm³/mol. The maximum absolute atomic E-state index is 5.84. The van der Waals surface area contributed by atoms with E-state index in [1.54, 1.807) is 12.4 Å². The van der Waals surface area contributed by atoms with Crippen LogP contribution in [0, 0.1) is 6.92 Å². The van der Waals surface area contributed by atoms with Gasteiger partial charge in [-0.25, -0.2) is 0 Å². The number of hydrogen-bond donors (Lipinski definition) is 0. The van der Waals surface area contributed by atoms with Gasteiger partial charge in [-0.2, -0.15) is 0 Å². The molecule has 0 aliphatic rings. The van der Waals surface area contributed by atoms with Crippen LogP contribution >= 0.6 is 27.5 Å². The molecule has 0 spiro atoms. The number of benzene rings is 1. The number of hydrogen-bond acceptors (Lipinski definition) is 2. The number of aryl methyl sites for hydroxylation is 1. The van der Waals surface area contributed by atoms with Crippen molar-refractivity contribution in [3.63, 3.8) is 0 Å². The lowest BCUT2D eigenvalue weighted by Crippen LogP contribution is -1.91. The first-order valence-electron chi connectivity index (χ1n) is 5.13. The van der Waals surface area contributed by atoms with Crippen LogP contribution in [-0.2, 0) is 5.88 Å². The summed E-state index contributed by atoms with van der Waals surface area (Å²) in [4.78, 5) is 4.04. The summed E-state index contributed by atoms with van der Waals surface area (Å²) in [7, 11) is 0. The van der Waals surface area contributed by atoms with E-state index in [1.807, 2.05) is 31.2 Å². The van der Waals surface area contributed by atoms with Crippen molar-refractivity contribution in [2.45, 2.75) is 12.8 Å². The van der Waals surface area contributed by atoms with E-state index in [1.165, 1.54) is 0 Å². The molecule has 2 aromatic rings. The largest absolute Gasteiger partial charge is 0.455 e. The van der Waals surface area contributed by atoms with E-state index in [9.17, 15) is 0 Å². The van der Waals surface area contributed by atoms with Gasteiger partial charge in [0.1, 0.15) is 11.5 Å². The second-order valence-corrected chi connectivity index (χ2v) is 4.75. The highest BCUT2D eigenvalue weighted by molar-refractivity contribution is 9.10. The van der Waals surface area contributed by atoms with Crippen LogP contribution in [0.2, 0.25) is 0 Å². The Morgan fingerprint density at radius 3 is 2.88 bits per heavy atom. The van der Waals surface area contributed by atoms with Crippen molar-refractivity contribution in [1.82, 2.24) is 4.98 Å². The first-order chi connectivity index (χ1) is 8.20. The third kappa shape index (κ3) is 2.99. The fourth-order valence-corrected chi connectivity index (χ4v) is 1.89. The summed E-state index contributed by atoms with van der Waals surface area (Å²) in [5, 5.41) is 0. The van der Waals surface area contributed by atoms with Crippen LogP contribution in [0.4, 0.5) is 0 Å². The highest BCUT2D eigenvalue weighted by Gasteiger charge is 2.05. The third-order valence-corrected chi connectivity index (χ3v) is 3.55. The molecule has 0 saturated carbocycles. The number of halogens is 2. The Kier molecular flexibility index (Phi) is 4.02. The lowest BCUT2D eigenvalue weighted by atomic mass is 10.2. The van der Waals surface area contributed by atoms with Crippen molar-refractivity contribution in [1.29, 1.82) is 0 Å². The molecule has 0 bridgehead atoms. The number of aromatic nitrogens is 1. The van der Waals surface area contributed by atoms with Gasteiger partial charge in [0, 0.05) is 16.2 Å². The van der Waals surface area contributed by atoms with Crippen molar-refractivity contribution in [2.24, 2.45) is 0 Å². The highest BCUT2D eigenvalue weighted by atomic mass is 79.9. The molecule has 88 valence electrons. The van der Waals surface area contributed by atoms with Crippen LogP contribution < -0.4 is 4.74 Å². The van der Waals surface area contributed by atoms with E-state index in [0.29, 0.717) is 11.6 Å². The minimum atomic E-state index is 0.410. The number of alkyl halides is 1. The minimum absolute atomic E-state index is 0.410. The van der Waals surface area contributed by atoms with Crippen molar-refractivity contribution in [3.8, 4) is 11.5 Å². The fraction of sp³-hybridized carbons (Fsp3) is 0.154. The summed E-state index contributed by atoms with van der Waals surface area (Å²) >= 11 is 9.29. The second kappa shape index (κ2) is 5.52. The number of nitrogens with zero attached hydrogens (tertiary/aromatic N) is 1. The Morgan fingerprint density at radius 1 is 1.35 bits per heavy atom. The topological polar surface area (TPSA) is 22.1 Å². The van der Waals surface area contributed by atoms with E-state index < -0.39 is 0 Å². The van der Waals surface area contributed by atoms with Gasteiger partial charge in [0.25, 0.3) is 0 Å². The van der Waals surface area contributed by atoms with Gasteiger partial charge in [0.2, 0.25) is 0 Å². The average molecular weight is 313 g/mol. The zero-order valence-electron chi connectivity index (χ0n) is 9.28. The van der Waals surface area contributed by atoms with Crippen molar-refractivity contribution in [3.05, 3.63) is 52.3 Å².